The number of benzene rings is 1. The van der Waals surface area contributed by atoms with Crippen LogP contribution >= 0.6 is 0 Å². The lowest BCUT2D eigenvalue weighted by atomic mass is 10.2. The van der Waals surface area contributed by atoms with Crippen LogP contribution in [0.25, 0.3) is 6.08 Å². The summed E-state index contributed by atoms with van der Waals surface area (Å²) in [5, 5.41) is 2.55. The van der Waals surface area contributed by atoms with Crippen LogP contribution in [-0.2, 0) is 4.79 Å². The average molecular weight is 273 g/mol. The van der Waals surface area contributed by atoms with Gasteiger partial charge >= 0.3 is 6.01 Å². The molecule has 1 aromatic carbocycles. The Hall–Kier alpha value is -2.76. The molecule has 2 rings (SSSR count). The van der Waals surface area contributed by atoms with Crippen molar-refractivity contribution >= 4 is 17.7 Å². The lowest BCUT2D eigenvalue weighted by Gasteiger charge is -2.02. The minimum absolute atomic E-state index is 0.213. The van der Waals surface area contributed by atoms with Gasteiger partial charge in [-0.15, -0.1) is 0 Å². The Labute approximate surface area is 115 Å². The molecule has 0 atom stereocenters. The van der Waals surface area contributed by atoms with Gasteiger partial charge in [-0.2, -0.15) is 0 Å². The van der Waals surface area contributed by atoms with Gasteiger partial charge in [-0.3, -0.25) is 4.79 Å². The fourth-order valence-electron chi connectivity index (χ4n) is 1.45. The molecule has 2 aromatic rings. The molecule has 0 bridgehead atoms. The molecule has 0 aliphatic rings. The molecule has 1 amide bonds. The van der Waals surface area contributed by atoms with Crippen molar-refractivity contribution in [3.8, 4) is 6.01 Å². The van der Waals surface area contributed by atoms with Gasteiger partial charge in [-0.05, 0) is 12.1 Å². The first-order valence-corrected chi connectivity index (χ1v) is 5.78. The topological polar surface area (TPSA) is 64.1 Å². The lowest BCUT2D eigenvalue weighted by molar-refractivity contribution is -0.111. The first-order chi connectivity index (χ1) is 9.69. The number of nitrogens with zero attached hydrogens (tertiary/aromatic N) is 2. The third-order valence-electron chi connectivity index (χ3n) is 2.40. The standard InChI is InChI=1S/C14H12FN3O2/c1-20-14-16-8-11(9-17-14)18-13(19)7-6-10-4-2-3-5-12(10)15/h2-9H,1H3,(H,18,19)/b7-6+. The van der Waals surface area contributed by atoms with Crippen molar-refractivity contribution in [2.75, 3.05) is 12.4 Å². The molecule has 0 saturated carbocycles. The highest BCUT2D eigenvalue weighted by atomic mass is 19.1. The van der Waals surface area contributed by atoms with E-state index in [0.29, 0.717) is 11.3 Å². The molecule has 0 saturated heterocycles. The molecule has 0 spiro atoms. The van der Waals surface area contributed by atoms with Crippen molar-refractivity contribution < 1.29 is 13.9 Å². The van der Waals surface area contributed by atoms with Gasteiger partial charge in [-0.1, -0.05) is 18.2 Å². The third-order valence-corrected chi connectivity index (χ3v) is 2.40. The van der Waals surface area contributed by atoms with E-state index in [1.165, 1.54) is 37.7 Å². The molecule has 0 aliphatic heterocycles. The number of carbonyl (C=O) groups is 1. The van der Waals surface area contributed by atoms with Crippen LogP contribution in [0.1, 0.15) is 5.56 Å². The van der Waals surface area contributed by atoms with E-state index in [1.807, 2.05) is 0 Å². The minimum atomic E-state index is -0.401. The largest absolute Gasteiger partial charge is 0.467 e. The van der Waals surface area contributed by atoms with Gasteiger partial charge in [0.2, 0.25) is 5.91 Å². The Bertz CT molecular complexity index is 627. The molecule has 1 heterocycles. The smallest absolute Gasteiger partial charge is 0.316 e. The summed E-state index contributed by atoms with van der Waals surface area (Å²) in [5.41, 5.74) is 0.766. The molecule has 1 aromatic heterocycles. The molecule has 6 heteroatoms. The second-order valence-electron chi connectivity index (χ2n) is 3.80. The molecule has 20 heavy (non-hydrogen) atoms. The maximum Gasteiger partial charge on any atom is 0.316 e. The summed E-state index contributed by atoms with van der Waals surface area (Å²) in [6.45, 7) is 0. The van der Waals surface area contributed by atoms with Gasteiger partial charge < -0.3 is 10.1 Å². The number of halogens is 1. The van der Waals surface area contributed by atoms with Crippen molar-refractivity contribution in [2.45, 2.75) is 0 Å². The van der Waals surface area contributed by atoms with Crippen LogP contribution in [0, 0.1) is 5.82 Å². The molecule has 0 aliphatic carbocycles. The number of rotatable bonds is 4. The van der Waals surface area contributed by atoms with E-state index in [2.05, 4.69) is 15.3 Å². The summed E-state index contributed by atoms with van der Waals surface area (Å²) in [4.78, 5) is 19.3. The summed E-state index contributed by atoms with van der Waals surface area (Å²) >= 11 is 0. The van der Waals surface area contributed by atoms with Crippen LogP contribution in [0.5, 0.6) is 6.01 Å². The number of aromatic nitrogens is 2. The Balaban J connectivity index is 2.00. The van der Waals surface area contributed by atoms with Crippen molar-refractivity contribution in [1.82, 2.24) is 9.97 Å². The summed E-state index contributed by atoms with van der Waals surface area (Å²) in [6, 6.07) is 6.40. The van der Waals surface area contributed by atoms with Crippen LogP contribution in [0.2, 0.25) is 0 Å². The highest BCUT2D eigenvalue weighted by molar-refractivity contribution is 6.01. The van der Waals surface area contributed by atoms with Crippen LogP contribution < -0.4 is 10.1 Å². The molecular formula is C14H12FN3O2. The number of ether oxygens (including phenoxy) is 1. The van der Waals surface area contributed by atoms with Crippen LogP contribution in [0.4, 0.5) is 10.1 Å². The fraction of sp³-hybridized carbons (Fsp3) is 0.0714. The predicted molar refractivity (Wildman–Crippen MR) is 72.6 cm³/mol. The number of anilines is 1. The average Bonchev–Trinajstić information content (AvgIpc) is 2.47. The zero-order valence-corrected chi connectivity index (χ0v) is 10.7. The Morgan fingerprint density at radius 2 is 2.00 bits per heavy atom. The Morgan fingerprint density at radius 1 is 1.30 bits per heavy atom. The Kier molecular flexibility index (Phi) is 4.39. The third kappa shape index (κ3) is 3.61. The summed E-state index contributed by atoms with van der Waals surface area (Å²) in [7, 11) is 1.45. The maximum absolute atomic E-state index is 13.3. The van der Waals surface area contributed by atoms with E-state index >= 15 is 0 Å². The number of methoxy groups -OCH3 is 1. The number of nitrogens with one attached hydrogen (secondary N) is 1. The molecule has 0 fully saturated rings. The predicted octanol–water partition coefficient (Wildman–Crippen LogP) is 2.28. The van der Waals surface area contributed by atoms with Crippen LogP contribution in [-0.4, -0.2) is 23.0 Å². The number of amides is 1. The molecule has 1 N–H and O–H groups in total. The van der Waals surface area contributed by atoms with Gasteiger partial charge in [0.25, 0.3) is 0 Å². The van der Waals surface area contributed by atoms with E-state index in [4.69, 9.17) is 4.74 Å². The summed E-state index contributed by atoms with van der Waals surface area (Å²) in [6.07, 6.45) is 5.47. The highest BCUT2D eigenvalue weighted by Crippen LogP contribution is 2.09. The number of hydrogen-bond donors (Lipinski definition) is 1. The van der Waals surface area contributed by atoms with Crippen LogP contribution in [0.3, 0.4) is 0 Å². The zero-order valence-electron chi connectivity index (χ0n) is 10.7. The molecule has 102 valence electrons. The zero-order chi connectivity index (χ0) is 14.4. The normalized spacial score (nSPS) is 10.5. The Morgan fingerprint density at radius 3 is 2.65 bits per heavy atom. The van der Waals surface area contributed by atoms with Crippen LogP contribution in [0.15, 0.2) is 42.7 Å². The summed E-state index contributed by atoms with van der Waals surface area (Å²) < 4.78 is 18.1. The van der Waals surface area contributed by atoms with Crippen molar-refractivity contribution in [3.05, 3.63) is 54.1 Å². The minimum Gasteiger partial charge on any atom is -0.467 e. The lowest BCUT2D eigenvalue weighted by Crippen LogP contribution is -2.08. The first kappa shape index (κ1) is 13.7. The van der Waals surface area contributed by atoms with E-state index in [1.54, 1.807) is 18.2 Å². The number of hydrogen-bond acceptors (Lipinski definition) is 4. The quantitative estimate of drug-likeness (QED) is 0.868. The molecular weight excluding hydrogens is 261 g/mol. The van der Waals surface area contributed by atoms with Crippen molar-refractivity contribution in [2.24, 2.45) is 0 Å². The maximum atomic E-state index is 13.3. The SMILES string of the molecule is COc1ncc(NC(=O)/C=C/c2ccccc2F)cn1. The van der Waals surface area contributed by atoms with E-state index < -0.39 is 5.91 Å². The van der Waals surface area contributed by atoms with Crippen molar-refractivity contribution in [1.29, 1.82) is 0 Å². The van der Waals surface area contributed by atoms with E-state index in [0.717, 1.165) is 0 Å². The fourth-order valence-corrected chi connectivity index (χ4v) is 1.45. The van der Waals surface area contributed by atoms with Gasteiger partial charge in [0.05, 0.1) is 25.2 Å². The van der Waals surface area contributed by atoms with Gasteiger partial charge in [0.1, 0.15) is 5.82 Å². The summed E-state index contributed by atoms with van der Waals surface area (Å²) in [5.74, 6) is -0.786. The molecule has 0 unspecified atom stereocenters. The molecule has 0 radical (unpaired) electrons. The first-order valence-electron chi connectivity index (χ1n) is 5.78. The monoisotopic (exact) mass is 273 g/mol. The number of carbonyl (C=O) groups excluding carboxylic acids is 1. The van der Waals surface area contributed by atoms with E-state index in [9.17, 15) is 9.18 Å². The highest BCUT2D eigenvalue weighted by Gasteiger charge is 2.01. The van der Waals surface area contributed by atoms with Gasteiger partial charge in [-0.25, -0.2) is 14.4 Å². The van der Waals surface area contributed by atoms with Crippen molar-refractivity contribution in [3.63, 3.8) is 0 Å². The molecule has 5 nitrogen and oxygen atoms in total. The van der Waals surface area contributed by atoms with E-state index in [-0.39, 0.29) is 11.8 Å². The second-order valence-corrected chi connectivity index (χ2v) is 3.80. The second kappa shape index (κ2) is 6.42. The van der Waals surface area contributed by atoms with Gasteiger partial charge in [0, 0.05) is 11.6 Å². The van der Waals surface area contributed by atoms with Gasteiger partial charge in [0.15, 0.2) is 0 Å².